The summed E-state index contributed by atoms with van der Waals surface area (Å²) in [5.74, 6) is -0.357. The summed E-state index contributed by atoms with van der Waals surface area (Å²) >= 11 is 0. The van der Waals surface area contributed by atoms with Crippen molar-refractivity contribution in [2.45, 2.75) is 39.9 Å². The Labute approximate surface area is 168 Å². The molecule has 0 aliphatic heterocycles. The van der Waals surface area contributed by atoms with Gasteiger partial charge < -0.3 is 16.0 Å². The lowest BCUT2D eigenvalue weighted by molar-refractivity contribution is -0.116. The number of aryl methyl sites for hydroxylation is 1. The van der Waals surface area contributed by atoms with Gasteiger partial charge in [0.25, 0.3) is 0 Å². The molecule has 2 aromatic carbocycles. The molecule has 0 saturated carbocycles. The lowest BCUT2D eigenvalue weighted by atomic mass is 10.2. The molecule has 29 heavy (non-hydrogen) atoms. The number of carbonyl (C=O) groups excluding carboxylic acids is 2. The third-order valence-corrected chi connectivity index (χ3v) is 4.41. The number of urea groups is 1. The first-order chi connectivity index (χ1) is 13.9. The van der Waals surface area contributed by atoms with Crippen LogP contribution in [0.5, 0.6) is 0 Å². The molecule has 1 heterocycles. The van der Waals surface area contributed by atoms with Crippen molar-refractivity contribution in [3.05, 3.63) is 59.0 Å². The number of rotatable bonds is 6. The lowest BCUT2D eigenvalue weighted by Crippen LogP contribution is -2.34. The maximum atomic E-state index is 12.7. The SMILES string of the molecule is CCn1c(=O)n(CC(=O)Nc2ccccc2NC(=O)NC(C)C)c2ccccc21. The van der Waals surface area contributed by atoms with E-state index in [1.165, 1.54) is 4.57 Å². The van der Waals surface area contributed by atoms with E-state index in [4.69, 9.17) is 0 Å². The van der Waals surface area contributed by atoms with Crippen molar-refractivity contribution in [2.24, 2.45) is 0 Å². The molecule has 0 spiro atoms. The van der Waals surface area contributed by atoms with Crippen LogP contribution in [0, 0.1) is 0 Å². The van der Waals surface area contributed by atoms with E-state index < -0.39 is 0 Å². The van der Waals surface area contributed by atoms with Crippen LogP contribution >= 0.6 is 0 Å². The van der Waals surface area contributed by atoms with Gasteiger partial charge in [0.05, 0.1) is 22.4 Å². The van der Waals surface area contributed by atoms with E-state index >= 15 is 0 Å². The second-order valence-corrected chi connectivity index (χ2v) is 6.95. The normalized spacial score (nSPS) is 10.9. The Morgan fingerprint density at radius 1 is 0.897 bits per heavy atom. The van der Waals surface area contributed by atoms with E-state index in [0.717, 1.165) is 5.52 Å². The topological polar surface area (TPSA) is 97.2 Å². The second kappa shape index (κ2) is 8.64. The highest BCUT2D eigenvalue weighted by atomic mass is 16.2. The molecule has 0 saturated heterocycles. The third-order valence-electron chi connectivity index (χ3n) is 4.41. The molecule has 152 valence electrons. The first kappa shape index (κ1) is 20.2. The van der Waals surface area contributed by atoms with Crippen LogP contribution in [0.25, 0.3) is 11.0 Å². The number of para-hydroxylation sites is 4. The highest BCUT2D eigenvalue weighted by Gasteiger charge is 2.15. The monoisotopic (exact) mass is 395 g/mol. The fourth-order valence-electron chi connectivity index (χ4n) is 3.19. The van der Waals surface area contributed by atoms with E-state index in [0.29, 0.717) is 23.4 Å². The molecule has 8 nitrogen and oxygen atoms in total. The lowest BCUT2D eigenvalue weighted by Gasteiger charge is -2.14. The van der Waals surface area contributed by atoms with Crippen molar-refractivity contribution in [3.63, 3.8) is 0 Å². The minimum Gasteiger partial charge on any atom is -0.336 e. The van der Waals surface area contributed by atoms with Crippen LogP contribution < -0.4 is 21.6 Å². The molecule has 0 aliphatic carbocycles. The van der Waals surface area contributed by atoms with Crippen LogP contribution in [0.15, 0.2) is 53.3 Å². The highest BCUT2D eigenvalue weighted by Crippen LogP contribution is 2.21. The Morgan fingerprint density at radius 2 is 1.45 bits per heavy atom. The van der Waals surface area contributed by atoms with Crippen LogP contribution in [-0.2, 0) is 17.9 Å². The molecule has 3 N–H and O–H groups in total. The molecule has 0 fully saturated rings. The summed E-state index contributed by atoms with van der Waals surface area (Å²) in [4.78, 5) is 37.4. The predicted octanol–water partition coefficient (Wildman–Crippen LogP) is 2.99. The Morgan fingerprint density at radius 3 is 2.03 bits per heavy atom. The molecule has 0 radical (unpaired) electrons. The van der Waals surface area contributed by atoms with E-state index in [9.17, 15) is 14.4 Å². The predicted molar refractivity (Wildman–Crippen MR) is 114 cm³/mol. The van der Waals surface area contributed by atoms with Crippen molar-refractivity contribution in [1.29, 1.82) is 0 Å². The van der Waals surface area contributed by atoms with Gasteiger partial charge in [0.2, 0.25) is 5.91 Å². The molecule has 3 aromatic rings. The first-order valence-corrected chi connectivity index (χ1v) is 9.55. The third kappa shape index (κ3) is 4.48. The van der Waals surface area contributed by atoms with Gasteiger partial charge in [-0.3, -0.25) is 13.9 Å². The summed E-state index contributed by atoms with van der Waals surface area (Å²) < 4.78 is 3.09. The Balaban J connectivity index is 1.81. The number of carbonyl (C=O) groups is 2. The van der Waals surface area contributed by atoms with Gasteiger partial charge in [-0.25, -0.2) is 9.59 Å². The van der Waals surface area contributed by atoms with Gasteiger partial charge in [0.15, 0.2) is 0 Å². The standard InChI is InChI=1S/C21H25N5O3/c1-4-25-17-11-7-8-12-18(17)26(21(25)29)13-19(27)23-15-9-5-6-10-16(15)24-20(28)22-14(2)3/h5-12,14H,4,13H2,1-3H3,(H,23,27)(H2,22,24,28). The second-order valence-electron chi connectivity index (χ2n) is 6.95. The average molecular weight is 395 g/mol. The maximum Gasteiger partial charge on any atom is 0.329 e. The number of amides is 3. The number of fused-ring (bicyclic) bond motifs is 1. The molecule has 0 unspecified atom stereocenters. The molecular weight excluding hydrogens is 370 g/mol. The Hall–Kier alpha value is -3.55. The minimum absolute atomic E-state index is 0.0143. The average Bonchev–Trinajstić information content (AvgIpc) is 2.94. The van der Waals surface area contributed by atoms with E-state index in [-0.39, 0.29) is 30.2 Å². The molecule has 1 aromatic heterocycles. The van der Waals surface area contributed by atoms with Gasteiger partial charge in [-0.15, -0.1) is 0 Å². The molecular formula is C21H25N5O3. The van der Waals surface area contributed by atoms with E-state index in [1.807, 2.05) is 45.0 Å². The van der Waals surface area contributed by atoms with Crippen LogP contribution in [0.1, 0.15) is 20.8 Å². The van der Waals surface area contributed by atoms with Crippen molar-refractivity contribution in [3.8, 4) is 0 Å². The van der Waals surface area contributed by atoms with E-state index in [2.05, 4.69) is 16.0 Å². The van der Waals surface area contributed by atoms with Gasteiger partial charge >= 0.3 is 11.7 Å². The number of nitrogens with one attached hydrogen (secondary N) is 3. The zero-order valence-electron chi connectivity index (χ0n) is 16.7. The first-order valence-electron chi connectivity index (χ1n) is 9.55. The fraction of sp³-hybridized carbons (Fsp3) is 0.286. The summed E-state index contributed by atoms with van der Waals surface area (Å²) in [6.45, 7) is 6.00. The van der Waals surface area contributed by atoms with Crippen LogP contribution in [0.2, 0.25) is 0 Å². The van der Waals surface area contributed by atoms with Gasteiger partial charge in [-0.2, -0.15) is 0 Å². The Bertz CT molecular complexity index is 1100. The summed E-state index contributed by atoms with van der Waals surface area (Å²) in [7, 11) is 0. The number of nitrogens with zero attached hydrogens (tertiary/aromatic N) is 2. The molecule has 0 aliphatic rings. The number of imidazole rings is 1. The van der Waals surface area contributed by atoms with Crippen LogP contribution in [0.3, 0.4) is 0 Å². The number of aromatic nitrogens is 2. The molecule has 3 rings (SSSR count). The van der Waals surface area contributed by atoms with E-state index in [1.54, 1.807) is 28.8 Å². The Kier molecular flexibility index (Phi) is 6.01. The van der Waals surface area contributed by atoms with Gasteiger partial charge in [0, 0.05) is 12.6 Å². The highest BCUT2D eigenvalue weighted by molar-refractivity contribution is 5.99. The van der Waals surface area contributed by atoms with Gasteiger partial charge in [0.1, 0.15) is 6.54 Å². The van der Waals surface area contributed by atoms with Crippen molar-refractivity contribution in [2.75, 3.05) is 10.6 Å². The largest absolute Gasteiger partial charge is 0.336 e. The summed E-state index contributed by atoms with van der Waals surface area (Å²) in [5, 5.41) is 8.25. The zero-order chi connectivity index (χ0) is 21.0. The maximum absolute atomic E-state index is 12.7. The summed E-state index contributed by atoms with van der Waals surface area (Å²) in [6, 6.07) is 13.9. The quantitative estimate of drug-likeness (QED) is 0.598. The molecule has 8 heteroatoms. The van der Waals surface area contributed by atoms with Gasteiger partial charge in [-0.05, 0) is 45.0 Å². The number of benzene rings is 2. The fourth-order valence-corrected chi connectivity index (χ4v) is 3.19. The summed E-state index contributed by atoms with van der Waals surface area (Å²) in [6.07, 6.45) is 0. The van der Waals surface area contributed by atoms with Crippen LogP contribution in [-0.4, -0.2) is 27.1 Å². The molecule has 0 bridgehead atoms. The van der Waals surface area contributed by atoms with Gasteiger partial charge in [-0.1, -0.05) is 24.3 Å². The number of hydrogen-bond acceptors (Lipinski definition) is 3. The number of hydrogen-bond donors (Lipinski definition) is 3. The molecule has 0 atom stereocenters. The van der Waals surface area contributed by atoms with Crippen molar-refractivity contribution >= 4 is 34.3 Å². The van der Waals surface area contributed by atoms with Crippen molar-refractivity contribution in [1.82, 2.24) is 14.5 Å². The summed E-state index contributed by atoms with van der Waals surface area (Å²) in [5.41, 5.74) is 2.20. The zero-order valence-corrected chi connectivity index (χ0v) is 16.7. The minimum atomic E-state index is -0.357. The smallest absolute Gasteiger partial charge is 0.329 e. The van der Waals surface area contributed by atoms with Crippen molar-refractivity contribution < 1.29 is 9.59 Å². The van der Waals surface area contributed by atoms with Crippen LogP contribution in [0.4, 0.5) is 16.2 Å². The number of anilines is 2. The molecule has 3 amide bonds.